The zero-order valence-electron chi connectivity index (χ0n) is 10.2. The van der Waals surface area contributed by atoms with Gasteiger partial charge in [0.25, 0.3) is 5.91 Å². The minimum absolute atomic E-state index is 0.112. The van der Waals surface area contributed by atoms with Gasteiger partial charge in [0.05, 0.1) is 5.69 Å². The van der Waals surface area contributed by atoms with Crippen molar-refractivity contribution in [2.45, 2.75) is 18.9 Å². The lowest BCUT2D eigenvalue weighted by Gasteiger charge is -2.07. The normalized spacial score (nSPS) is 18.4. The quantitative estimate of drug-likeness (QED) is 0.933. The van der Waals surface area contributed by atoms with Crippen molar-refractivity contribution in [1.82, 2.24) is 9.97 Å². The van der Waals surface area contributed by atoms with Crippen LogP contribution in [0.25, 0.3) is 11.4 Å². The van der Waals surface area contributed by atoms with Gasteiger partial charge in [-0.1, -0.05) is 6.07 Å². The second-order valence-corrected chi connectivity index (χ2v) is 5.10. The van der Waals surface area contributed by atoms with E-state index < -0.39 is 0 Å². The highest BCUT2D eigenvalue weighted by Gasteiger charge is 2.24. The zero-order valence-corrected chi connectivity index (χ0v) is 11.0. The number of nitrogens with zero attached hydrogens (tertiary/aromatic N) is 2. The first kappa shape index (κ1) is 12.3. The molecule has 3 rings (SSSR count). The van der Waals surface area contributed by atoms with Gasteiger partial charge in [0, 0.05) is 18.2 Å². The molecule has 2 aromatic heterocycles. The molecule has 2 aromatic rings. The molecule has 98 valence electrons. The predicted octanol–water partition coefficient (Wildman–Crippen LogP) is 2.32. The summed E-state index contributed by atoms with van der Waals surface area (Å²) in [6, 6.07) is 5.66. The first-order valence-electron chi connectivity index (χ1n) is 6.12. The Balaban J connectivity index is 1.70. The summed E-state index contributed by atoms with van der Waals surface area (Å²) in [6.07, 6.45) is 3.11. The minimum Gasteiger partial charge on any atom is -0.368 e. The Bertz CT molecular complexity index is 564. The number of anilines is 1. The summed E-state index contributed by atoms with van der Waals surface area (Å²) in [4.78, 5) is 20.5. The van der Waals surface area contributed by atoms with Crippen LogP contribution >= 0.6 is 11.3 Å². The number of hydrogen-bond donors (Lipinski definition) is 1. The summed E-state index contributed by atoms with van der Waals surface area (Å²) in [7, 11) is 0. The van der Waals surface area contributed by atoms with Crippen molar-refractivity contribution in [2.75, 3.05) is 11.9 Å². The molecule has 1 unspecified atom stereocenters. The molecule has 1 fully saturated rings. The van der Waals surface area contributed by atoms with E-state index in [-0.39, 0.29) is 12.0 Å². The van der Waals surface area contributed by atoms with Crippen LogP contribution in [-0.2, 0) is 9.53 Å². The summed E-state index contributed by atoms with van der Waals surface area (Å²) >= 11 is 1.39. The standard InChI is InChI=1S/C13H13N3O2S/c17-12(11-5-3-7-18-11)16-13-15-10(8-19-13)9-4-1-2-6-14-9/h1-2,4,6,8,11H,3,5,7H2,(H,15,16,17). The van der Waals surface area contributed by atoms with E-state index in [1.165, 1.54) is 11.3 Å². The topological polar surface area (TPSA) is 64.1 Å². The van der Waals surface area contributed by atoms with Gasteiger partial charge in [0.15, 0.2) is 5.13 Å². The molecular weight excluding hydrogens is 262 g/mol. The summed E-state index contributed by atoms with van der Waals surface area (Å²) < 4.78 is 5.33. The summed E-state index contributed by atoms with van der Waals surface area (Å²) in [5.41, 5.74) is 1.57. The molecule has 1 atom stereocenters. The van der Waals surface area contributed by atoms with Gasteiger partial charge in [-0.15, -0.1) is 11.3 Å². The predicted molar refractivity (Wildman–Crippen MR) is 72.9 cm³/mol. The van der Waals surface area contributed by atoms with Gasteiger partial charge in [-0.2, -0.15) is 0 Å². The van der Waals surface area contributed by atoms with Crippen LogP contribution in [-0.4, -0.2) is 28.6 Å². The highest BCUT2D eigenvalue weighted by Crippen LogP contribution is 2.24. The zero-order chi connectivity index (χ0) is 13.1. The lowest BCUT2D eigenvalue weighted by Crippen LogP contribution is -2.26. The van der Waals surface area contributed by atoms with E-state index in [2.05, 4.69) is 15.3 Å². The van der Waals surface area contributed by atoms with E-state index in [1.54, 1.807) is 6.20 Å². The van der Waals surface area contributed by atoms with Gasteiger partial charge in [-0.25, -0.2) is 4.98 Å². The fourth-order valence-corrected chi connectivity index (χ4v) is 2.64. The Morgan fingerprint density at radius 2 is 2.37 bits per heavy atom. The fourth-order valence-electron chi connectivity index (χ4n) is 1.93. The Labute approximate surface area is 114 Å². The van der Waals surface area contributed by atoms with Crippen molar-refractivity contribution in [3.63, 3.8) is 0 Å². The Hall–Kier alpha value is -1.79. The van der Waals surface area contributed by atoms with Crippen LogP contribution in [0.4, 0.5) is 5.13 Å². The van der Waals surface area contributed by atoms with E-state index in [0.717, 1.165) is 24.2 Å². The van der Waals surface area contributed by atoms with Crippen molar-refractivity contribution in [3.8, 4) is 11.4 Å². The maximum absolute atomic E-state index is 11.9. The lowest BCUT2D eigenvalue weighted by atomic mass is 10.2. The average molecular weight is 275 g/mol. The van der Waals surface area contributed by atoms with Gasteiger partial charge < -0.3 is 4.74 Å². The number of ether oxygens (including phenoxy) is 1. The second-order valence-electron chi connectivity index (χ2n) is 4.24. The third kappa shape index (κ3) is 2.80. The number of thiazole rings is 1. The molecule has 0 saturated carbocycles. The molecule has 0 aromatic carbocycles. The summed E-state index contributed by atoms with van der Waals surface area (Å²) in [5.74, 6) is -0.112. The molecule has 1 amide bonds. The van der Waals surface area contributed by atoms with Crippen molar-refractivity contribution in [3.05, 3.63) is 29.8 Å². The Kier molecular flexibility index (Phi) is 3.52. The lowest BCUT2D eigenvalue weighted by molar-refractivity contribution is -0.124. The number of nitrogens with one attached hydrogen (secondary N) is 1. The van der Waals surface area contributed by atoms with Crippen molar-refractivity contribution < 1.29 is 9.53 Å². The largest absolute Gasteiger partial charge is 0.368 e. The number of pyridine rings is 1. The van der Waals surface area contributed by atoms with Crippen molar-refractivity contribution in [2.24, 2.45) is 0 Å². The van der Waals surface area contributed by atoms with Crippen LogP contribution in [0.2, 0.25) is 0 Å². The highest BCUT2D eigenvalue weighted by atomic mass is 32.1. The van der Waals surface area contributed by atoms with Crippen LogP contribution in [0.1, 0.15) is 12.8 Å². The number of aromatic nitrogens is 2. The van der Waals surface area contributed by atoms with Crippen molar-refractivity contribution in [1.29, 1.82) is 0 Å². The number of carbonyl (C=O) groups excluding carboxylic acids is 1. The van der Waals surface area contributed by atoms with E-state index in [4.69, 9.17) is 4.74 Å². The molecule has 19 heavy (non-hydrogen) atoms. The highest BCUT2D eigenvalue weighted by molar-refractivity contribution is 7.14. The summed E-state index contributed by atoms with van der Waals surface area (Å²) in [5, 5.41) is 5.26. The first-order chi connectivity index (χ1) is 9.33. The number of hydrogen-bond acceptors (Lipinski definition) is 5. The SMILES string of the molecule is O=C(Nc1nc(-c2ccccn2)cs1)C1CCCO1. The van der Waals surface area contributed by atoms with Gasteiger partial charge in [-0.05, 0) is 25.0 Å². The molecule has 5 nitrogen and oxygen atoms in total. The van der Waals surface area contributed by atoms with Crippen LogP contribution < -0.4 is 5.32 Å². The summed E-state index contributed by atoms with van der Waals surface area (Å²) in [6.45, 7) is 0.662. The van der Waals surface area contributed by atoms with E-state index in [1.807, 2.05) is 23.6 Å². The number of rotatable bonds is 3. The van der Waals surface area contributed by atoms with Crippen molar-refractivity contribution >= 4 is 22.4 Å². The molecule has 6 heteroatoms. The second kappa shape index (κ2) is 5.46. The monoisotopic (exact) mass is 275 g/mol. The number of amides is 1. The molecule has 1 saturated heterocycles. The maximum Gasteiger partial charge on any atom is 0.255 e. The Morgan fingerprint density at radius 1 is 1.42 bits per heavy atom. The first-order valence-corrected chi connectivity index (χ1v) is 7.00. The van der Waals surface area contributed by atoms with Gasteiger partial charge in [0.1, 0.15) is 11.8 Å². The van der Waals surface area contributed by atoms with Crippen LogP contribution in [0, 0.1) is 0 Å². The maximum atomic E-state index is 11.9. The third-order valence-electron chi connectivity index (χ3n) is 2.88. The van der Waals surface area contributed by atoms with Crippen LogP contribution in [0.15, 0.2) is 29.8 Å². The molecular formula is C13H13N3O2S. The molecule has 1 aliphatic rings. The van der Waals surface area contributed by atoms with Crippen LogP contribution in [0.3, 0.4) is 0 Å². The van der Waals surface area contributed by atoms with E-state index >= 15 is 0 Å². The fraction of sp³-hybridized carbons (Fsp3) is 0.308. The number of carbonyl (C=O) groups is 1. The van der Waals surface area contributed by atoms with Crippen LogP contribution in [0.5, 0.6) is 0 Å². The molecule has 3 heterocycles. The smallest absolute Gasteiger partial charge is 0.255 e. The average Bonchev–Trinajstić information content (AvgIpc) is 3.11. The van der Waals surface area contributed by atoms with Gasteiger partial charge >= 0.3 is 0 Å². The van der Waals surface area contributed by atoms with E-state index in [9.17, 15) is 4.79 Å². The van der Waals surface area contributed by atoms with Gasteiger partial charge in [-0.3, -0.25) is 15.1 Å². The molecule has 0 bridgehead atoms. The third-order valence-corrected chi connectivity index (χ3v) is 3.64. The molecule has 0 aliphatic carbocycles. The van der Waals surface area contributed by atoms with E-state index in [0.29, 0.717) is 11.7 Å². The van der Waals surface area contributed by atoms with Gasteiger partial charge in [0.2, 0.25) is 0 Å². The molecule has 1 N–H and O–H groups in total. The molecule has 1 aliphatic heterocycles. The molecule has 0 radical (unpaired) electrons. The Morgan fingerprint density at radius 3 is 3.11 bits per heavy atom. The minimum atomic E-state index is -0.331. The molecule has 0 spiro atoms.